The van der Waals surface area contributed by atoms with E-state index in [4.69, 9.17) is 10.2 Å². The highest BCUT2D eigenvalue weighted by molar-refractivity contribution is 5.71. The Kier molecular flexibility index (Phi) is 5.56. The molecule has 1 saturated heterocycles. The zero-order chi connectivity index (χ0) is 18.1. The number of carboxylic acid groups (broad SMARTS) is 1. The molecule has 1 aromatic rings. The van der Waals surface area contributed by atoms with E-state index in [-0.39, 0.29) is 5.41 Å². The Labute approximate surface area is 143 Å². The lowest BCUT2D eigenvalue weighted by Gasteiger charge is -2.44. The van der Waals surface area contributed by atoms with Crippen LogP contribution in [0.1, 0.15) is 38.3 Å². The van der Waals surface area contributed by atoms with Crippen LogP contribution in [0.15, 0.2) is 18.2 Å². The topological polar surface area (TPSA) is 81.0 Å². The molecule has 1 unspecified atom stereocenters. The van der Waals surface area contributed by atoms with E-state index in [9.17, 15) is 9.90 Å². The standard InChI is InChI=1S/C16H23NO.C3H6O3/c1-11-13-8-12-4-5-14(18)9-15(12)16(11,2)6-7-17(3)10-13;1-2(4)3(5)6/h4-5,9,11,13,18H,6-8,10H2,1-3H3;2,4H,1H3,(H,5,6)/t11-,13+,16+;/m0./s1. The summed E-state index contributed by atoms with van der Waals surface area (Å²) in [5, 5.41) is 25.6. The van der Waals surface area contributed by atoms with E-state index >= 15 is 0 Å². The number of fused-ring (bicyclic) bond motifs is 4. The predicted octanol–water partition coefficient (Wildman–Crippen LogP) is 2.25. The number of rotatable bonds is 1. The third-order valence-corrected chi connectivity index (χ3v) is 5.82. The van der Waals surface area contributed by atoms with Gasteiger partial charge in [0, 0.05) is 6.54 Å². The lowest BCUT2D eigenvalue weighted by molar-refractivity contribution is -0.145. The van der Waals surface area contributed by atoms with Gasteiger partial charge in [0.1, 0.15) is 11.9 Å². The van der Waals surface area contributed by atoms with Crippen LogP contribution < -0.4 is 0 Å². The van der Waals surface area contributed by atoms with Crippen LogP contribution in [0.4, 0.5) is 0 Å². The highest BCUT2D eigenvalue weighted by atomic mass is 16.4. The fourth-order valence-electron chi connectivity index (χ4n) is 4.00. The van der Waals surface area contributed by atoms with Gasteiger partial charge in [-0.2, -0.15) is 0 Å². The van der Waals surface area contributed by atoms with E-state index in [1.54, 1.807) is 0 Å². The molecule has 2 bridgehead atoms. The van der Waals surface area contributed by atoms with Gasteiger partial charge in [-0.25, -0.2) is 4.79 Å². The molecule has 5 nitrogen and oxygen atoms in total. The molecule has 0 saturated carbocycles. The van der Waals surface area contributed by atoms with Gasteiger partial charge < -0.3 is 20.2 Å². The van der Waals surface area contributed by atoms with Gasteiger partial charge in [0.05, 0.1) is 0 Å². The molecule has 5 heteroatoms. The van der Waals surface area contributed by atoms with Crippen LogP contribution in [-0.4, -0.2) is 52.4 Å². The molecule has 4 atom stereocenters. The van der Waals surface area contributed by atoms with Gasteiger partial charge in [-0.1, -0.05) is 19.9 Å². The number of aliphatic hydroxyl groups excluding tert-OH is 1. The van der Waals surface area contributed by atoms with Gasteiger partial charge in [-0.05, 0) is 73.9 Å². The molecule has 0 radical (unpaired) electrons. The van der Waals surface area contributed by atoms with Crippen LogP contribution in [0.5, 0.6) is 5.75 Å². The number of carbonyl (C=O) groups is 1. The van der Waals surface area contributed by atoms with Gasteiger partial charge in [0.25, 0.3) is 0 Å². The number of carboxylic acids is 1. The van der Waals surface area contributed by atoms with Crippen LogP contribution in [0.25, 0.3) is 0 Å². The second kappa shape index (κ2) is 7.11. The second-order valence-electron chi connectivity index (χ2n) is 7.54. The second-order valence-corrected chi connectivity index (χ2v) is 7.54. The number of phenols is 1. The number of aliphatic carboxylic acids is 1. The lowest BCUT2D eigenvalue weighted by atomic mass is 9.60. The molecule has 0 amide bonds. The molecule has 1 aliphatic carbocycles. The van der Waals surface area contributed by atoms with Crippen LogP contribution in [0, 0.1) is 11.8 Å². The molecule has 3 N–H and O–H groups in total. The quantitative estimate of drug-likeness (QED) is 0.733. The molecule has 24 heavy (non-hydrogen) atoms. The average molecular weight is 335 g/mol. The van der Waals surface area contributed by atoms with Crippen molar-refractivity contribution in [3.05, 3.63) is 29.3 Å². The van der Waals surface area contributed by atoms with Gasteiger partial charge in [-0.3, -0.25) is 0 Å². The molecule has 0 spiro atoms. The number of benzene rings is 1. The first-order valence-electron chi connectivity index (χ1n) is 8.57. The summed E-state index contributed by atoms with van der Waals surface area (Å²) in [6.07, 6.45) is 1.12. The lowest BCUT2D eigenvalue weighted by Crippen LogP contribution is -2.41. The highest BCUT2D eigenvalue weighted by Crippen LogP contribution is 2.48. The normalized spacial score (nSPS) is 30.4. The van der Waals surface area contributed by atoms with Crippen molar-refractivity contribution in [2.45, 2.75) is 45.1 Å². The van der Waals surface area contributed by atoms with Crippen molar-refractivity contribution in [3.63, 3.8) is 0 Å². The summed E-state index contributed by atoms with van der Waals surface area (Å²) >= 11 is 0. The highest BCUT2D eigenvalue weighted by Gasteiger charge is 2.44. The first-order valence-corrected chi connectivity index (χ1v) is 8.57. The number of likely N-dealkylation sites (tertiary alicyclic amines) is 1. The fourth-order valence-corrected chi connectivity index (χ4v) is 4.00. The molecule has 3 rings (SSSR count). The Balaban J connectivity index is 0.000000301. The largest absolute Gasteiger partial charge is 0.508 e. The Bertz CT molecular complexity index is 601. The van der Waals surface area contributed by atoms with Crippen LogP contribution in [-0.2, 0) is 16.6 Å². The molecule has 2 aliphatic rings. The monoisotopic (exact) mass is 335 g/mol. The smallest absolute Gasteiger partial charge is 0.332 e. The molecule has 0 aromatic heterocycles. The minimum absolute atomic E-state index is 0.224. The minimum atomic E-state index is -1.23. The third-order valence-electron chi connectivity index (χ3n) is 5.82. The molecular weight excluding hydrogens is 306 g/mol. The average Bonchev–Trinajstić information content (AvgIpc) is 2.58. The third kappa shape index (κ3) is 3.73. The summed E-state index contributed by atoms with van der Waals surface area (Å²) in [6, 6.07) is 5.98. The Hall–Kier alpha value is -1.59. The molecular formula is C19H29NO4. The maximum absolute atomic E-state index is 9.80. The van der Waals surface area contributed by atoms with E-state index in [0.29, 0.717) is 11.7 Å². The Morgan fingerprint density at radius 2 is 2.04 bits per heavy atom. The number of aromatic hydroxyl groups is 1. The van der Waals surface area contributed by atoms with Crippen molar-refractivity contribution < 1.29 is 20.1 Å². The van der Waals surface area contributed by atoms with E-state index in [1.165, 1.54) is 31.0 Å². The summed E-state index contributed by atoms with van der Waals surface area (Å²) in [5.41, 5.74) is 3.07. The summed E-state index contributed by atoms with van der Waals surface area (Å²) in [5.74, 6) is 0.671. The van der Waals surface area contributed by atoms with Crippen LogP contribution in [0.2, 0.25) is 0 Å². The molecule has 134 valence electrons. The Morgan fingerprint density at radius 3 is 2.62 bits per heavy atom. The summed E-state index contributed by atoms with van der Waals surface area (Å²) in [7, 11) is 2.24. The van der Waals surface area contributed by atoms with Crippen molar-refractivity contribution >= 4 is 5.97 Å². The Morgan fingerprint density at radius 1 is 1.42 bits per heavy atom. The van der Waals surface area contributed by atoms with Gasteiger partial charge >= 0.3 is 5.97 Å². The number of hydrogen-bond acceptors (Lipinski definition) is 4. The van der Waals surface area contributed by atoms with Crippen molar-refractivity contribution in [2.75, 3.05) is 20.1 Å². The number of hydrogen-bond donors (Lipinski definition) is 3. The van der Waals surface area contributed by atoms with Crippen LogP contribution >= 0.6 is 0 Å². The van der Waals surface area contributed by atoms with E-state index in [2.05, 4.69) is 31.9 Å². The first-order chi connectivity index (χ1) is 11.1. The van der Waals surface area contributed by atoms with Gasteiger partial charge in [0.15, 0.2) is 0 Å². The van der Waals surface area contributed by atoms with Crippen molar-refractivity contribution in [1.82, 2.24) is 4.90 Å². The molecule has 1 heterocycles. The van der Waals surface area contributed by atoms with E-state index in [1.807, 2.05) is 12.1 Å². The van der Waals surface area contributed by atoms with Gasteiger partial charge in [0.2, 0.25) is 0 Å². The van der Waals surface area contributed by atoms with Crippen molar-refractivity contribution in [1.29, 1.82) is 0 Å². The fraction of sp³-hybridized carbons (Fsp3) is 0.632. The molecule has 1 aliphatic heterocycles. The first kappa shape index (κ1) is 18.7. The zero-order valence-electron chi connectivity index (χ0n) is 15.0. The zero-order valence-corrected chi connectivity index (χ0v) is 15.0. The number of phenolic OH excluding ortho intramolecular Hbond substituents is 1. The SMILES string of the molecule is CC(O)C(=O)O.C[C@H]1[C@@H]2Cc3ccc(O)cc3[C@]1(C)CCN(C)C2. The summed E-state index contributed by atoms with van der Waals surface area (Å²) in [4.78, 5) is 11.9. The molecule has 1 aromatic carbocycles. The maximum atomic E-state index is 9.80. The van der Waals surface area contributed by atoms with Crippen molar-refractivity contribution in [2.24, 2.45) is 11.8 Å². The number of nitrogens with zero attached hydrogens (tertiary/aromatic N) is 1. The molecule has 1 fully saturated rings. The summed E-state index contributed by atoms with van der Waals surface area (Å²) < 4.78 is 0. The van der Waals surface area contributed by atoms with Crippen molar-refractivity contribution in [3.8, 4) is 5.75 Å². The van der Waals surface area contributed by atoms with Crippen LogP contribution in [0.3, 0.4) is 0 Å². The minimum Gasteiger partial charge on any atom is -0.508 e. The predicted molar refractivity (Wildman–Crippen MR) is 93.2 cm³/mol. The summed E-state index contributed by atoms with van der Waals surface area (Å²) in [6.45, 7) is 8.35. The van der Waals surface area contributed by atoms with Gasteiger partial charge in [-0.15, -0.1) is 0 Å². The number of aliphatic hydroxyl groups is 1. The maximum Gasteiger partial charge on any atom is 0.332 e. The van der Waals surface area contributed by atoms with E-state index in [0.717, 1.165) is 18.9 Å². The van der Waals surface area contributed by atoms with E-state index < -0.39 is 12.1 Å².